The first kappa shape index (κ1) is 17.1. The maximum atomic E-state index is 12.1. The second kappa shape index (κ2) is 6.09. The highest BCUT2D eigenvalue weighted by Crippen LogP contribution is 2.64. The third kappa shape index (κ3) is 3.39. The summed E-state index contributed by atoms with van der Waals surface area (Å²) in [6, 6.07) is 7.51. The Bertz CT molecular complexity index is 586. The molecule has 0 radical (unpaired) electrons. The van der Waals surface area contributed by atoms with Gasteiger partial charge in [0.05, 0.1) is 0 Å². The molecule has 1 aliphatic carbocycles. The van der Waals surface area contributed by atoms with Crippen LogP contribution in [-0.2, 0) is 20.7 Å². The van der Waals surface area contributed by atoms with Gasteiger partial charge in [0.1, 0.15) is 9.75 Å². The number of anilines is 1. The fourth-order valence-corrected chi connectivity index (χ4v) is 2.72. The number of hydrogen-bond donors (Lipinski definition) is 1. The monoisotopic (exact) mass is 343 g/mol. The number of carbonyl (C=O) groups excluding carboxylic acids is 2. The average Bonchev–Trinajstić information content (AvgIpc) is 2.99. The standard InChI is InChI=1S/C16H19Cl2NO3/c1-4-11-5-7-12(8-6-11)19-13(20)10(2)22-14(21)15(3)9-16(15,17)18/h5-8,10H,4,9H2,1-3H3,(H,19,20)/t10-,15+/m1/s1. The molecule has 2 rings (SSSR count). The molecule has 0 bridgehead atoms. The minimum Gasteiger partial charge on any atom is -0.452 e. The van der Waals surface area contributed by atoms with Gasteiger partial charge >= 0.3 is 5.97 Å². The summed E-state index contributed by atoms with van der Waals surface area (Å²) in [7, 11) is 0. The Morgan fingerprint density at radius 3 is 2.32 bits per heavy atom. The Morgan fingerprint density at radius 2 is 1.86 bits per heavy atom. The lowest BCUT2D eigenvalue weighted by Gasteiger charge is -2.17. The molecule has 1 fully saturated rings. The van der Waals surface area contributed by atoms with Crippen molar-refractivity contribution in [3.63, 3.8) is 0 Å². The van der Waals surface area contributed by atoms with Crippen molar-refractivity contribution in [3.8, 4) is 0 Å². The lowest BCUT2D eigenvalue weighted by Crippen LogP contribution is -2.33. The number of ether oxygens (including phenoxy) is 1. The molecule has 0 aliphatic heterocycles. The summed E-state index contributed by atoms with van der Waals surface area (Å²) < 4.78 is 4.07. The Kier molecular flexibility index (Phi) is 4.73. The topological polar surface area (TPSA) is 55.4 Å². The molecule has 1 aliphatic rings. The number of carbonyl (C=O) groups is 2. The van der Waals surface area contributed by atoms with E-state index in [0.29, 0.717) is 12.1 Å². The normalized spacial score (nSPS) is 23.5. The van der Waals surface area contributed by atoms with Gasteiger partial charge in [-0.15, -0.1) is 23.2 Å². The second-order valence-electron chi connectivity index (χ2n) is 5.80. The Hall–Kier alpha value is -1.26. The highest BCUT2D eigenvalue weighted by atomic mass is 35.5. The van der Waals surface area contributed by atoms with Crippen LogP contribution in [-0.4, -0.2) is 22.3 Å². The quantitative estimate of drug-likeness (QED) is 0.655. The van der Waals surface area contributed by atoms with E-state index in [-0.39, 0.29) is 0 Å². The van der Waals surface area contributed by atoms with Gasteiger partial charge in [0, 0.05) is 12.1 Å². The molecule has 120 valence electrons. The molecule has 2 atom stereocenters. The number of hydrogen-bond acceptors (Lipinski definition) is 3. The first-order valence-corrected chi connectivity index (χ1v) is 7.94. The number of esters is 1. The van der Waals surface area contributed by atoms with E-state index in [1.54, 1.807) is 6.92 Å². The van der Waals surface area contributed by atoms with Gasteiger partial charge in [0.2, 0.25) is 0 Å². The van der Waals surface area contributed by atoms with Gasteiger partial charge in [-0.3, -0.25) is 9.59 Å². The van der Waals surface area contributed by atoms with Crippen LogP contribution in [0.4, 0.5) is 5.69 Å². The van der Waals surface area contributed by atoms with Crippen LogP contribution in [0.25, 0.3) is 0 Å². The van der Waals surface area contributed by atoms with Crippen LogP contribution in [0.1, 0.15) is 32.8 Å². The molecule has 1 saturated carbocycles. The van der Waals surface area contributed by atoms with Crippen molar-refractivity contribution in [1.29, 1.82) is 0 Å². The first-order valence-electron chi connectivity index (χ1n) is 7.18. The Balaban J connectivity index is 1.91. The molecular weight excluding hydrogens is 325 g/mol. The average molecular weight is 344 g/mol. The van der Waals surface area contributed by atoms with Crippen molar-refractivity contribution in [3.05, 3.63) is 29.8 Å². The van der Waals surface area contributed by atoms with E-state index in [1.165, 1.54) is 12.5 Å². The second-order valence-corrected chi connectivity index (χ2v) is 7.28. The highest BCUT2D eigenvalue weighted by Gasteiger charge is 2.69. The molecular formula is C16H19Cl2NO3. The minimum atomic E-state index is -1.10. The Morgan fingerprint density at radius 1 is 1.32 bits per heavy atom. The third-order valence-electron chi connectivity index (χ3n) is 3.99. The summed E-state index contributed by atoms with van der Waals surface area (Å²) in [5.41, 5.74) is 0.902. The van der Waals surface area contributed by atoms with Crippen LogP contribution in [0, 0.1) is 5.41 Å². The van der Waals surface area contributed by atoms with Crippen LogP contribution in [0.15, 0.2) is 24.3 Å². The fourth-order valence-electron chi connectivity index (χ4n) is 2.03. The SMILES string of the molecule is CCc1ccc(NC(=O)[C@@H](C)OC(=O)[C@]2(C)CC2(Cl)Cl)cc1. The number of amides is 1. The van der Waals surface area contributed by atoms with Crippen LogP contribution in [0.5, 0.6) is 0 Å². The summed E-state index contributed by atoms with van der Waals surface area (Å²) in [4.78, 5) is 24.1. The van der Waals surface area contributed by atoms with E-state index >= 15 is 0 Å². The minimum absolute atomic E-state index is 0.328. The lowest BCUT2D eigenvalue weighted by atomic mass is 10.1. The van der Waals surface area contributed by atoms with Gasteiger partial charge in [-0.05, 0) is 38.0 Å². The van der Waals surface area contributed by atoms with Crippen LogP contribution < -0.4 is 5.32 Å². The molecule has 6 heteroatoms. The predicted molar refractivity (Wildman–Crippen MR) is 87.2 cm³/mol. The summed E-state index contributed by atoms with van der Waals surface area (Å²) in [6.07, 6.45) is 0.341. The van der Waals surface area contributed by atoms with Gasteiger partial charge in [-0.25, -0.2) is 0 Å². The Labute approximate surface area is 140 Å². The maximum Gasteiger partial charge on any atom is 0.315 e. The molecule has 0 aromatic heterocycles. The van der Waals surface area contributed by atoms with Crippen LogP contribution in [0.2, 0.25) is 0 Å². The van der Waals surface area contributed by atoms with Gasteiger partial charge in [-0.2, -0.15) is 0 Å². The van der Waals surface area contributed by atoms with Gasteiger partial charge in [0.15, 0.2) is 6.10 Å². The largest absolute Gasteiger partial charge is 0.452 e. The fraction of sp³-hybridized carbons (Fsp3) is 0.500. The molecule has 22 heavy (non-hydrogen) atoms. The van der Waals surface area contributed by atoms with E-state index in [1.807, 2.05) is 24.3 Å². The summed E-state index contributed by atoms with van der Waals surface area (Å²) in [6.45, 7) is 5.20. The van der Waals surface area contributed by atoms with Crippen molar-refractivity contribution < 1.29 is 14.3 Å². The number of nitrogens with one attached hydrogen (secondary N) is 1. The number of halogens is 2. The number of benzene rings is 1. The lowest BCUT2D eigenvalue weighted by molar-refractivity contribution is -0.158. The van der Waals surface area contributed by atoms with Gasteiger partial charge in [-0.1, -0.05) is 19.1 Å². The summed E-state index contributed by atoms with van der Waals surface area (Å²) in [5.74, 6) is -0.946. The molecule has 1 aromatic rings. The zero-order valence-corrected chi connectivity index (χ0v) is 14.3. The van der Waals surface area contributed by atoms with Crippen molar-refractivity contribution >= 4 is 40.8 Å². The molecule has 1 amide bonds. The number of aryl methyl sites for hydroxylation is 1. The van der Waals surface area contributed by atoms with Crippen LogP contribution >= 0.6 is 23.2 Å². The molecule has 0 unspecified atom stereocenters. The third-order valence-corrected chi connectivity index (χ3v) is 5.09. The zero-order valence-electron chi connectivity index (χ0n) is 12.8. The van der Waals surface area contributed by atoms with Crippen molar-refractivity contribution in [2.24, 2.45) is 5.41 Å². The number of alkyl halides is 2. The van der Waals surface area contributed by atoms with Gasteiger partial charge in [0.25, 0.3) is 5.91 Å². The molecule has 1 N–H and O–H groups in total. The van der Waals surface area contributed by atoms with E-state index in [4.69, 9.17) is 27.9 Å². The number of rotatable bonds is 5. The first-order chi connectivity index (χ1) is 10.2. The molecule has 0 spiro atoms. The predicted octanol–water partition coefficient (Wildman–Crippen LogP) is 3.70. The van der Waals surface area contributed by atoms with Crippen molar-refractivity contribution in [1.82, 2.24) is 0 Å². The van der Waals surface area contributed by atoms with Gasteiger partial charge < -0.3 is 10.1 Å². The maximum absolute atomic E-state index is 12.1. The highest BCUT2D eigenvalue weighted by molar-refractivity contribution is 6.53. The van der Waals surface area contributed by atoms with Crippen molar-refractivity contribution in [2.75, 3.05) is 5.32 Å². The summed E-state index contributed by atoms with van der Waals surface area (Å²) in [5, 5.41) is 2.71. The smallest absolute Gasteiger partial charge is 0.315 e. The zero-order chi connectivity index (χ0) is 16.5. The van der Waals surface area contributed by atoms with E-state index in [9.17, 15) is 9.59 Å². The molecule has 1 aromatic carbocycles. The molecule has 0 heterocycles. The van der Waals surface area contributed by atoms with E-state index < -0.39 is 27.7 Å². The van der Waals surface area contributed by atoms with E-state index in [0.717, 1.165) is 6.42 Å². The van der Waals surface area contributed by atoms with Crippen molar-refractivity contribution in [2.45, 2.75) is 44.1 Å². The van der Waals surface area contributed by atoms with Crippen LogP contribution in [0.3, 0.4) is 0 Å². The molecule has 4 nitrogen and oxygen atoms in total. The summed E-state index contributed by atoms with van der Waals surface area (Å²) >= 11 is 11.9. The molecule has 0 saturated heterocycles. The van der Waals surface area contributed by atoms with E-state index in [2.05, 4.69) is 12.2 Å².